The topological polar surface area (TPSA) is 49.8 Å². The molecule has 2 aromatic rings. The Morgan fingerprint density at radius 3 is 2.30 bits per heavy atom. The Labute approximate surface area is 126 Å². The number of nitrogens with one attached hydrogen (secondary N) is 2. The highest BCUT2D eigenvalue weighted by molar-refractivity contribution is 6.39. The predicted octanol–water partition coefficient (Wildman–Crippen LogP) is 4.41. The number of aryl methyl sites for hydroxylation is 1. The summed E-state index contributed by atoms with van der Waals surface area (Å²) in [4.78, 5) is 8.48. The Balaban J connectivity index is 2.35. The lowest BCUT2D eigenvalue weighted by Gasteiger charge is -2.12. The van der Waals surface area contributed by atoms with Crippen LogP contribution in [0.15, 0.2) is 18.2 Å². The van der Waals surface area contributed by atoms with Crippen molar-refractivity contribution in [1.82, 2.24) is 9.97 Å². The standard InChI is InChI=1S/C13H13Cl2FN4/c1-3-17-11-6-12(19-7(2)18-11)20-13-9(14)4-8(16)5-10(13)15/h4-6H,3H2,1-2H3,(H2,17,18,19,20). The molecule has 0 unspecified atom stereocenters. The third kappa shape index (κ3) is 3.49. The number of hydrogen-bond donors (Lipinski definition) is 2. The van der Waals surface area contributed by atoms with Crippen LogP contribution in [0.2, 0.25) is 10.0 Å². The minimum absolute atomic E-state index is 0.191. The molecule has 0 amide bonds. The molecule has 1 heterocycles. The maximum atomic E-state index is 13.1. The van der Waals surface area contributed by atoms with Crippen LogP contribution in [0.25, 0.3) is 0 Å². The first-order valence-electron chi connectivity index (χ1n) is 6.00. The molecule has 7 heteroatoms. The quantitative estimate of drug-likeness (QED) is 0.877. The van der Waals surface area contributed by atoms with E-state index in [9.17, 15) is 4.39 Å². The second-order valence-corrected chi connectivity index (χ2v) is 4.90. The maximum Gasteiger partial charge on any atom is 0.136 e. The molecular formula is C13H13Cl2FN4. The number of halogens is 3. The zero-order valence-corrected chi connectivity index (χ0v) is 12.5. The van der Waals surface area contributed by atoms with E-state index in [1.807, 2.05) is 6.92 Å². The predicted molar refractivity (Wildman–Crippen MR) is 80.6 cm³/mol. The summed E-state index contributed by atoms with van der Waals surface area (Å²) >= 11 is 12.0. The number of nitrogens with zero attached hydrogens (tertiary/aromatic N) is 2. The molecule has 0 atom stereocenters. The van der Waals surface area contributed by atoms with Crippen LogP contribution in [0.1, 0.15) is 12.7 Å². The highest BCUT2D eigenvalue weighted by atomic mass is 35.5. The first-order chi connectivity index (χ1) is 9.49. The van der Waals surface area contributed by atoms with Gasteiger partial charge in [0.2, 0.25) is 0 Å². The molecule has 1 aromatic heterocycles. The number of anilines is 3. The lowest BCUT2D eigenvalue weighted by Crippen LogP contribution is -2.04. The van der Waals surface area contributed by atoms with Crippen molar-refractivity contribution >= 4 is 40.5 Å². The molecule has 0 bridgehead atoms. The molecule has 0 fully saturated rings. The van der Waals surface area contributed by atoms with Crippen molar-refractivity contribution in [3.8, 4) is 0 Å². The molecule has 0 spiro atoms. The van der Waals surface area contributed by atoms with Crippen molar-refractivity contribution in [3.63, 3.8) is 0 Å². The summed E-state index contributed by atoms with van der Waals surface area (Å²) in [5, 5.41) is 6.46. The molecule has 2 N–H and O–H groups in total. The molecule has 1 aromatic carbocycles. The number of hydrogen-bond acceptors (Lipinski definition) is 4. The minimum Gasteiger partial charge on any atom is -0.370 e. The molecule has 0 radical (unpaired) electrons. The van der Waals surface area contributed by atoms with Gasteiger partial charge in [-0.15, -0.1) is 0 Å². The van der Waals surface area contributed by atoms with Crippen molar-refractivity contribution in [1.29, 1.82) is 0 Å². The van der Waals surface area contributed by atoms with E-state index in [0.29, 0.717) is 23.1 Å². The SMILES string of the molecule is CCNc1cc(Nc2c(Cl)cc(F)cc2Cl)nc(C)n1. The summed E-state index contributed by atoms with van der Waals surface area (Å²) in [6.07, 6.45) is 0. The van der Waals surface area contributed by atoms with Crippen molar-refractivity contribution in [2.45, 2.75) is 13.8 Å². The molecule has 0 aliphatic heterocycles. The Hall–Kier alpha value is -1.59. The van der Waals surface area contributed by atoms with Crippen molar-refractivity contribution in [2.24, 2.45) is 0 Å². The molecule has 20 heavy (non-hydrogen) atoms. The van der Waals surface area contributed by atoms with Crippen LogP contribution >= 0.6 is 23.2 Å². The Morgan fingerprint density at radius 1 is 1.10 bits per heavy atom. The molecule has 0 aliphatic carbocycles. The molecule has 106 valence electrons. The fraction of sp³-hybridized carbons (Fsp3) is 0.231. The molecule has 0 saturated carbocycles. The van der Waals surface area contributed by atoms with Gasteiger partial charge in [0.05, 0.1) is 15.7 Å². The van der Waals surface area contributed by atoms with Crippen LogP contribution in [-0.4, -0.2) is 16.5 Å². The van der Waals surface area contributed by atoms with E-state index >= 15 is 0 Å². The number of aromatic nitrogens is 2. The normalized spacial score (nSPS) is 10.4. The summed E-state index contributed by atoms with van der Waals surface area (Å²) in [6, 6.07) is 4.11. The smallest absolute Gasteiger partial charge is 0.136 e. The van der Waals surface area contributed by atoms with Gasteiger partial charge in [0.25, 0.3) is 0 Å². The fourth-order valence-electron chi connectivity index (χ4n) is 1.69. The minimum atomic E-state index is -0.488. The van der Waals surface area contributed by atoms with Crippen LogP contribution < -0.4 is 10.6 Å². The zero-order chi connectivity index (χ0) is 14.7. The first kappa shape index (κ1) is 14.8. The van der Waals surface area contributed by atoms with Crippen LogP contribution in [0, 0.1) is 12.7 Å². The van der Waals surface area contributed by atoms with E-state index in [1.165, 1.54) is 12.1 Å². The lowest BCUT2D eigenvalue weighted by atomic mass is 10.3. The van der Waals surface area contributed by atoms with Gasteiger partial charge in [-0.3, -0.25) is 0 Å². The third-order valence-corrected chi connectivity index (χ3v) is 3.05. The van der Waals surface area contributed by atoms with Gasteiger partial charge in [0, 0.05) is 12.6 Å². The van der Waals surface area contributed by atoms with E-state index in [2.05, 4.69) is 20.6 Å². The van der Waals surface area contributed by atoms with Crippen LogP contribution in [0.3, 0.4) is 0 Å². The third-order valence-electron chi connectivity index (χ3n) is 2.46. The molecule has 0 aliphatic rings. The Kier molecular flexibility index (Phi) is 4.62. The van der Waals surface area contributed by atoms with Gasteiger partial charge in [-0.2, -0.15) is 0 Å². The highest BCUT2D eigenvalue weighted by Crippen LogP contribution is 2.33. The van der Waals surface area contributed by atoms with Crippen LogP contribution in [0.5, 0.6) is 0 Å². The van der Waals surface area contributed by atoms with E-state index in [0.717, 1.165) is 6.54 Å². The second kappa shape index (κ2) is 6.24. The van der Waals surface area contributed by atoms with Crippen molar-refractivity contribution in [3.05, 3.63) is 39.9 Å². The van der Waals surface area contributed by atoms with Gasteiger partial charge in [0.1, 0.15) is 23.3 Å². The van der Waals surface area contributed by atoms with Gasteiger partial charge in [0.15, 0.2) is 0 Å². The maximum absolute atomic E-state index is 13.1. The molecule has 4 nitrogen and oxygen atoms in total. The number of benzene rings is 1. The number of rotatable bonds is 4. The van der Waals surface area contributed by atoms with E-state index in [-0.39, 0.29) is 10.0 Å². The van der Waals surface area contributed by atoms with E-state index in [4.69, 9.17) is 23.2 Å². The first-order valence-corrected chi connectivity index (χ1v) is 6.76. The average molecular weight is 315 g/mol. The highest BCUT2D eigenvalue weighted by Gasteiger charge is 2.10. The van der Waals surface area contributed by atoms with Crippen molar-refractivity contribution in [2.75, 3.05) is 17.2 Å². The summed E-state index contributed by atoms with van der Waals surface area (Å²) in [5.74, 6) is 1.33. The van der Waals surface area contributed by atoms with Crippen LogP contribution in [0.4, 0.5) is 21.7 Å². The van der Waals surface area contributed by atoms with Gasteiger partial charge < -0.3 is 10.6 Å². The van der Waals surface area contributed by atoms with Gasteiger partial charge in [-0.05, 0) is 26.0 Å². The van der Waals surface area contributed by atoms with E-state index in [1.54, 1.807) is 13.0 Å². The summed E-state index contributed by atoms with van der Waals surface area (Å²) in [5.41, 5.74) is 0.412. The zero-order valence-electron chi connectivity index (χ0n) is 11.0. The van der Waals surface area contributed by atoms with E-state index < -0.39 is 5.82 Å². The average Bonchev–Trinajstić information content (AvgIpc) is 2.33. The van der Waals surface area contributed by atoms with Gasteiger partial charge >= 0.3 is 0 Å². The summed E-state index contributed by atoms with van der Waals surface area (Å²) in [6.45, 7) is 4.49. The molecule has 0 saturated heterocycles. The summed E-state index contributed by atoms with van der Waals surface area (Å²) < 4.78 is 13.1. The van der Waals surface area contributed by atoms with Gasteiger partial charge in [-0.25, -0.2) is 14.4 Å². The molecule has 2 rings (SSSR count). The largest absolute Gasteiger partial charge is 0.370 e. The van der Waals surface area contributed by atoms with Gasteiger partial charge in [-0.1, -0.05) is 23.2 Å². The monoisotopic (exact) mass is 314 g/mol. The lowest BCUT2D eigenvalue weighted by molar-refractivity contribution is 0.628. The Bertz CT molecular complexity index is 611. The van der Waals surface area contributed by atoms with Crippen LogP contribution in [-0.2, 0) is 0 Å². The second-order valence-electron chi connectivity index (χ2n) is 4.09. The summed E-state index contributed by atoms with van der Waals surface area (Å²) in [7, 11) is 0. The Morgan fingerprint density at radius 2 is 1.70 bits per heavy atom. The van der Waals surface area contributed by atoms with Crippen molar-refractivity contribution < 1.29 is 4.39 Å². The fourth-order valence-corrected chi connectivity index (χ4v) is 2.25. The molecular weight excluding hydrogens is 302 g/mol.